The number of carboxylic acid groups (broad SMARTS) is 1. The highest BCUT2D eigenvalue weighted by Crippen LogP contribution is 2.32. The number of carbonyl (C=O) groups excluding carboxylic acids is 2. The largest absolute Gasteiger partial charge is 0.493 e. The molecular formula is C32H32N2O7. The second kappa shape index (κ2) is 13.8. The number of ether oxygens (including phenoxy) is 2. The van der Waals surface area contributed by atoms with E-state index in [2.05, 4.69) is 5.32 Å². The zero-order valence-corrected chi connectivity index (χ0v) is 23.0. The van der Waals surface area contributed by atoms with Crippen LogP contribution < -0.4 is 14.8 Å². The number of nitrogens with zero attached hydrogens (tertiary/aromatic N) is 1. The molecule has 0 bridgehead atoms. The number of para-hydroxylation sites is 1. The summed E-state index contributed by atoms with van der Waals surface area (Å²) in [6.45, 7) is 0.479. The van der Waals surface area contributed by atoms with Gasteiger partial charge in [-0.3, -0.25) is 14.4 Å². The van der Waals surface area contributed by atoms with Gasteiger partial charge in [0.15, 0.2) is 11.5 Å². The fourth-order valence-corrected chi connectivity index (χ4v) is 4.62. The third-order valence-electron chi connectivity index (χ3n) is 6.64. The molecule has 0 radical (unpaired) electrons. The van der Waals surface area contributed by atoms with Crippen LogP contribution in [0.25, 0.3) is 11.1 Å². The zero-order valence-electron chi connectivity index (χ0n) is 23.0. The van der Waals surface area contributed by atoms with Crippen LogP contribution in [0.5, 0.6) is 11.5 Å². The number of hydrogen-bond acceptors (Lipinski definition) is 6. The number of furan rings is 1. The molecule has 0 saturated carbocycles. The average Bonchev–Trinajstić information content (AvgIpc) is 3.53. The van der Waals surface area contributed by atoms with Crippen LogP contribution >= 0.6 is 0 Å². The van der Waals surface area contributed by atoms with Crippen molar-refractivity contribution in [2.24, 2.45) is 0 Å². The van der Waals surface area contributed by atoms with Crippen LogP contribution in [0.15, 0.2) is 89.5 Å². The number of carbonyl (C=O) groups is 3. The van der Waals surface area contributed by atoms with Crippen molar-refractivity contribution in [1.82, 2.24) is 10.2 Å². The van der Waals surface area contributed by atoms with Gasteiger partial charge in [-0.1, -0.05) is 48.5 Å². The molecule has 4 rings (SSSR count). The van der Waals surface area contributed by atoms with E-state index < -0.39 is 5.97 Å². The fourth-order valence-electron chi connectivity index (χ4n) is 4.62. The van der Waals surface area contributed by atoms with Crippen LogP contribution in [0.1, 0.15) is 38.5 Å². The predicted molar refractivity (Wildman–Crippen MR) is 153 cm³/mol. The van der Waals surface area contributed by atoms with Crippen molar-refractivity contribution in [3.8, 4) is 22.6 Å². The lowest BCUT2D eigenvalue weighted by Gasteiger charge is -2.24. The molecule has 1 aromatic heterocycles. The molecule has 4 aromatic rings. The number of amides is 2. The van der Waals surface area contributed by atoms with Gasteiger partial charge >= 0.3 is 5.97 Å². The van der Waals surface area contributed by atoms with E-state index in [0.717, 1.165) is 5.56 Å². The van der Waals surface area contributed by atoms with Crippen molar-refractivity contribution in [2.75, 3.05) is 27.3 Å². The molecule has 0 aliphatic carbocycles. The van der Waals surface area contributed by atoms with E-state index in [-0.39, 0.29) is 37.9 Å². The molecule has 0 aliphatic heterocycles. The molecule has 41 heavy (non-hydrogen) atoms. The second-order valence-electron chi connectivity index (χ2n) is 9.19. The molecule has 3 aromatic carbocycles. The normalized spacial score (nSPS) is 10.6. The Morgan fingerprint density at radius 1 is 0.829 bits per heavy atom. The topological polar surface area (TPSA) is 118 Å². The van der Waals surface area contributed by atoms with Gasteiger partial charge in [0.05, 0.1) is 33.4 Å². The minimum atomic E-state index is -1.01. The first-order chi connectivity index (χ1) is 19.9. The van der Waals surface area contributed by atoms with Gasteiger partial charge in [0.25, 0.3) is 11.8 Å². The lowest BCUT2D eigenvalue weighted by molar-refractivity contribution is -0.137. The van der Waals surface area contributed by atoms with Crippen molar-refractivity contribution in [3.63, 3.8) is 0 Å². The van der Waals surface area contributed by atoms with E-state index in [0.29, 0.717) is 45.9 Å². The number of hydrogen-bond donors (Lipinski definition) is 2. The lowest BCUT2D eigenvalue weighted by Crippen LogP contribution is -2.35. The third kappa shape index (κ3) is 7.13. The van der Waals surface area contributed by atoms with Gasteiger partial charge in [-0.25, -0.2) is 0 Å². The first-order valence-electron chi connectivity index (χ1n) is 13.1. The Hall–Kier alpha value is -5.05. The van der Waals surface area contributed by atoms with Crippen LogP contribution in [0.2, 0.25) is 0 Å². The monoisotopic (exact) mass is 556 g/mol. The Labute approximate surface area is 238 Å². The first kappa shape index (κ1) is 28.9. The summed E-state index contributed by atoms with van der Waals surface area (Å²) >= 11 is 0. The molecule has 0 saturated heterocycles. The van der Waals surface area contributed by atoms with E-state index in [9.17, 15) is 19.5 Å². The summed E-state index contributed by atoms with van der Waals surface area (Å²) < 4.78 is 16.2. The van der Waals surface area contributed by atoms with Gasteiger partial charge in [0, 0.05) is 24.2 Å². The van der Waals surface area contributed by atoms with Crippen LogP contribution in [0, 0.1) is 0 Å². The minimum Gasteiger partial charge on any atom is -0.493 e. The Balaban J connectivity index is 1.63. The molecule has 0 unspecified atom stereocenters. The maximum atomic E-state index is 14.0. The summed E-state index contributed by atoms with van der Waals surface area (Å²) in [5.74, 6) is 0.0968. The Kier molecular flexibility index (Phi) is 9.77. The van der Waals surface area contributed by atoms with E-state index >= 15 is 0 Å². The van der Waals surface area contributed by atoms with Gasteiger partial charge in [0.2, 0.25) is 0 Å². The summed E-state index contributed by atoms with van der Waals surface area (Å²) in [4.78, 5) is 40.1. The summed E-state index contributed by atoms with van der Waals surface area (Å²) in [6.07, 6.45) is 1.74. The van der Waals surface area contributed by atoms with Gasteiger partial charge in [-0.05, 0) is 53.4 Å². The van der Waals surface area contributed by atoms with Gasteiger partial charge < -0.3 is 29.2 Å². The third-order valence-corrected chi connectivity index (χ3v) is 6.64. The van der Waals surface area contributed by atoms with Crippen LogP contribution in [-0.2, 0) is 17.8 Å². The van der Waals surface area contributed by atoms with Crippen LogP contribution in [0.4, 0.5) is 0 Å². The summed E-state index contributed by atoms with van der Waals surface area (Å²) in [7, 11) is 3.10. The standard InChI is InChI=1S/C32H32N2O7/c1-39-28-15-7-9-22(30(28)40-2)16-18-34(19-17-29(35)36)32(38)27-14-6-4-12-25(27)24-11-3-5-13-26(24)31(37)33-21-23-10-8-20-41-23/h3-15,20H,16-19,21H2,1-2H3,(H,33,37)(H,35,36). The molecule has 1 heterocycles. The maximum Gasteiger partial charge on any atom is 0.305 e. The highest BCUT2D eigenvalue weighted by atomic mass is 16.5. The minimum absolute atomic E-state index is 0.0140. The van der Waals surface area contributed by atoms with Crippen molar-refractivity contribution in [1.29, 1.82) is 0 Å². The van der Waals surface area contributed by atoms with E-state index in [1.54, 1.807) is 80.9 Å². The van der Waals surface area contributed by atoms with Crippen molar-refractivity contribution in [3.05, 3.63) is 108 Å². The molecular weight excluding hydrogens is 524 g/mol. The second-order valence-corrected chi connectivity index (χ2v) is 9.19. The number of benzene rings is 3. The number of rotatable bonds is 13. The maximum absolute atomic E-state index is 14.0. The number of nitrogens with one attached hydrogen (secondary N) is 1. The van der Waals surface area contributed by atoms with E-state index in [4.69, 9.17) is 13.9 Å². The summed E-state index contributed by atoms with van der Waals surface area (Å²) in [5.41, 5.74) is 2.74. The van der Waals surface area contributed by atoms with Crippen LogP contribution in [0.3, 0.4) is 0 Å². The van der Waals surface area contributed by atoms with Crippen LogP contribution in [-0.4, -0.2) is 55.1 Å². The molecule has 212 valence electrons. The number of carboxylic acids is 1. The number of methoxy groups -OCH3 is 2. The molecule has 0 aliphatic rings. The quantitative estimate of drug-likeness (QED) is 0.237. The molecule has 0 atom stereocenters. The highest BCUT2D eigenvalue weighted by Gasteiger charge is 2.23. The molecule has 0 fully saturated rings. The summed E-state index contributed by atoms with van der Waals surface area (Å²) in [6, 6.07) is 23.1. The average molecular weight is 557 g/mol. The van der Waals surface area contributed by atoms with Gasteiger partial charge in [0.1, 0.15) is 5.76 Å². The zero-order chi connectivity index (χ0) is 29.2. The molecule has 0 spiro atoms. The summed E-state index contributed by atoms with van der Waals surface area (Å²) in [5, 5.41) is 12.2. The van der Waals surface area contributed by atoms with E-state index in [1.807, 2.05) is 12.1 Å². The smallest absolute Gasteiger partial charge is 0.305 e. The SMILES string of the molecule is COc1cccc(CCN(CCC(=O)O)C(=O)c2ccccc2-c2ccccc2C(=O)NCc2ccco2)c1OC. The molecule has 9 heteroatoms. The first-order valence-corrected chi connectivity index (χ1v) is 13.1. The van der Waals surface area contributed by atoms with Gasteiger partial charge in [-0.15, -0.1) is 0 Å². The molecule has 9 nitrogen and oxygen atoms in total. The Morgan fingerprint density at radius 3 is 2.20 bits per heavy atom. The van der Waals surface area contributed by atoms with E-state index in [1.165, 1.54) is 11.2 Å². The Bertz CT molecular complexity index is 1500. The predicted octanol–water partition coefficient (Wildman–Crippen LogP) is 5.05. The lowest BCUT2D eigenvalue weighted by atomic mass is 9.94. The van der Waals surface area contributed by atoms with Crippen molar-refractivity contribution < 1.29 is 33.4 Å². The molecule has 2 N–H and O–H groups in total. The highest BCUT2D eigenvalue weighted by molar-refractivity contribution is 6.06. The number of aliphatic carboxylic acids is 1. The fraction of sp³-hybridized carbons (Fsp3) is 0.219. The van der Waals surface area contributed by atoms with Gasteiger partial charge in [-0.2, -0.15) is 0 Å². The van der Waals surface area contributed by atoms with Crippen molar-refractivity contribution >= 4 is 17.8 Å². The van der Waals surface area contributed by atoms with Crippen molar-refractivity contribution in [2.45, 2.75) is 19.4 Å². The Morgan fingerprint density at radius 2 is 1.54 bits per heavy atom. The molecule has 2 amide bonds.